The summed E-state index contributed by atoms with van der Waals surface area (Å²) in [6.45, 7) is 0.338. The van der Waals surface area contributed by atoms with Crippen LogP contribution in [0.2, 0.25) is 0 Å². The van der Waals surface area contributed by atoms with Gasteiger partial charge in [-0.3, -0.25) is 4.79 Å². The Morgan fingerprint density at radius 2 is 1.67 bits per heavy atom. The van der Waals surface area contributed by atoms with E-state index in [1.165, 1.54) is 11.1 Å². The molecule has 24 heavy (non-hydrogen) atoms. The number of methoxy groups -OCH3 is 1. The molecule has 3 N–H and O–H groups in total. The second kappa shape index (κ2) is 9.85. The van der Waals surface area contributed by atoms with E-state index in [1.54, 1.807) is 7.11 Å². The number of nitrogens with two attached hydrogens (primary N) is 1. The maximum absolute atomic E-state index is 11.9. The van der Waals surface area contributed by atoms with Crippen molar-refractivity contribution in [1.29, 1.82) is 0 Å². The van der Waals surface area contributed by atoms with Gasteiger partial charge in [0.1, 0.15) is 0 Å². The Kier molecular flexibility index (Phi) is 7.46. The van der Waals surface area contributed by atoms with Crippen LogP contribution in [0.3, 0.4) is 0 Å². The van der Waals surface area contributed by atoms with E-state index in [0.29, 0.717) is 6.54 Å². The highest BCUT2D eigenvalue weighted by Crippen LogP contribution is 2.13. The largest absolute Gasteiger partial charge is 0.380 e. The smallest absolute Gasteiger partial charge is 0.227 e. The molecule has 4 heteroatoms. The zero-order valence-electron chi connectivity index (χ0n) is 14.2. The number of ether oxygens (including phenoxy) is 1. The molecule has 4 nitrogen and oxygen atoms in total. The lowest BCUT2D eigenvalue weighted by atomic mass is 10.0. The summed E-state index contributed by atoms with van der Waals surface area (Å²) < 4.78 is 5.12. The van der Waals surface area contributed by atoms with Crippen LogP contribution in [0.15, 0.2) is 54.6 Å². The summed E-state index contributed by atoms with van der Waals surface area (Å²) in [5.74, 6) is -0.0795. The number of anilines is 1. The summed E-state index contributed by atoms with van der Waals surface area (Å²) in [7, 11) is 1.56. The van der Waals surface area contributed by atoms with Crippen molar-refractivity contribution in [1.82, 2.24) is 0 Å². The number of benzene rings is 2. The normalized spacial score (nSPS) is 11.9. The third-order valence-electron chi connectivity index (χ3n) is 4.02. The monoisotopic (exact) mass is 326 g/mol. The topological polar surface area (TPSA) is 64.3 Å². The van der Waals surface area contributed by atoms with E-state index in [9.17, 15) is 4.79 Å². The summed E-state index contributed by atoms with van der Waals surface area (Å²) in [5, 5.41) is 2.88. The Hall–Kier alpha value is -2.17. The Morgan fingerprint density at radius 1 is 1.04 bits per heavy atom. The second-order valence-electron chi connectivity index (χ2n) is 5.88. The van der Waals surface area contributed by atoms with Gasteiger partial charge in [0.25, 0.3) is 0 Å². The van der Waals surface area contributed by atoms with Crippen molar-refractivity contribution < 1.29 is 9.53 Å². The van der Waals surface area contributed by atoms with Crippen molar-refractivity contribution in [3.05, 3.63) is 65.7 Å². The van der Waals surface area contributed by atoms with Gasteiger partial charge in [0, 0.05) is 19.3 Å². The van der Waals surface area contributed by atoms with Gasteiger partial charge < -0.3 is 15.8 Å². The highest BCUT2D eigenvalue weighted by molar-refractivity contribution is 5.91. The van der Waals surface area contributed by atoms with Gasteiger partial charge in [0.15, 0.2) is 0 Å². The summed E-state index contributed by atoms with van der Waals surface area (Å²) in [4.78, 5) is 11.9. The van der Waals surface area contributed by atoms with Crippen LogP contribution in [0.1, 0.15) is 24.0 Å². The lowest BCUT2D eigenvalue weighted by Gasteiger charge is -2.12. The molecular weight excluding hydrogens is 300 g/mol. The number of nitrogens with one attached hydrogen (secondary N) is 1. The first-order valence-electron chi connectivity index (χ1n) is 8.37. The molecule has 1 unspecified atom stereocenters. The Balaban J connectivity index is 1.77. The highest BCUT2D eigenvalue weighted by atomic mass is 16.5. The van der Waals surface area contributed by atoms with Crippen molar-refractivity contribution in [2.24, 2.45) is 5.73 Å². The highest BCUT2D eigenvalue weighted by Gasteiger charge is 2.11. The van der Waals surface area contributed by atoms with Gasteiger partial charge in [0.05, 0.1) is 12.5 Å². The Labute approximate surface area is 144 Å². The fourth-order valence-electron chi connectivity index (χ4n) is 2.58. The van der Waals surface area contributed by atoms with E-state index in [0.717, 1.165) is 24.9 Å². The molecule has 1 atom stereocenters. The molecule has 0 aliphatic rings. The molecule has 2 rings (SSSR count). The maximum Gasteiger partial charge on any atom is 0.227 e. The van der Waals surface area contributed by atoms with Crippen LogP contribution in [-0.2, 0) is 22.4 Å². The molecule has 0 heterocycles. The summed E-state index contributed by atoms with van der Waals surface area (Å²) in [5.41, 5.74) is 8.98. The minimum absolute atomic E-state index is 0.0795. The van der Waals surface area contributed by atoms with Crippen LogP contribution in [0, 0.1) is 0 Å². The molecule has 0 radical (unpaired) electrons. The van der Waals surface area contributed by atoms with Gasteiger partial charge in [-0.1, -0.05) is 42.5 Å². The number of amides is 1. The van der Waals surface area contributed by atoms with Crippen molar-refractivity contribution in [3.63, 3.8) is 0 Å². The van der Waals surface area contributed by atoms with E-state index >= 15 is 0 Å². The van der Waals surface area contributed by atoms with E-state index < -0.39 is 0 Å². The number of carbonyl (C=O) groups is 1. The molecule has 0 aliphatic carbocycles. The number of hydrogen-bond donors (Lipinski definition) is 2. The number of aryl methyl sites for hydroxylation is 2. The average Bonchev–Trinajstić information content (AvgIpc) is 2.62. The third kappa shape index (κ3) is 6.14. The van der Waals surface area contributed by atoms with E-state index in [1.807, 2.05) is 18.2 Å². The minimum Gasteiger partial charge on any atom is -0.380 e. The predicted octanol–water partition coefficient (Wildman–Crippen LogP) is 3.16. The average molecular weight is 326 g/mol. The SMILES string of the molecule is COC(CN)CC(=O)Nc1ccc(CCCc2ccccc2)cc1. The van der Waals surface area contributed by atoms with Crippen LogP contribution in [-0.4, -0.2) is 25.7 Å². The first-order valence-corrected chi connectivity index (χ1v) is 8.37. The molecule has 0 aromatic heterocycles. The Bertz CT molecular complexity index is 607. The van der Waals surface area contributed by atoms with Crippen molar-refractivity contribution in [2.75, 3.05) is 19.0 Å². The van der Waals surface area contributed by atoms with Gasteiger partial charge in [-0.05, 0) is 42.5 Å². The molecule has 128 valence electrons. The molecule has 0 bridgehead atoms. The van der Waals surface area contributed by atoms with Crippen molar-refractivity contribution in [2.45, 2.75) is 31.8 Å². The quantitative estimate of drug-likeness (QED) is 0.744. The van der Waals surface area contributed by atoms with Gasteiger partial charge >= 0.3 is 0 Å². The number of hydrogen-bond acceptors (Lipinski definition) is 3. The van der Waals surface area contributed by atoms with E-state index in [4.69, 9.17) is 10.5 Å². The van der Waals surface area contributed by atoms with Gasteiger partial charge in [-0.15, -0.1) is 0 Å². The molecule has 2 aromatic rings. The lowest BCUT2D eigenvalue weighted by Crippen LogP contribution is -2.28. The maximum atomic E-state index is 11.9. The fraction of sp³-hybridized carbons (Fsp3) is 0.350. The minimum atomic E-state index is -0.234. The summed E-state index contributed by atoms with van der Waals surface area (Å²) >= 11 is 0. The zero-order chi connectivity index (χ0) is 17.2. The van der Waals surface area contributed by atoms with Gasteiger partial charge in [-0.2, -0.15) is 0 Å². The van der Waals surface area contributed by atoms with Gasteiger partial charge in [-0.25, -0.2) is 0 Å². The van der Waals surface area contributed by atoms with Crippen LogP contribution >= 0.6 is 0 Å². The second-order valence-corrected chi connectivity index (χ2v) is 5.88. The van der Waals surface area contributed by atoms with E-state index in [-0.39, 0.29) is 18.4 Å². The molecule has 0 spiro atoms. The van der Waals surface area contributed by atoms with Crippen molar-refractivity contribution in [3.8, 4) is 0 Å². The van der Waals surface area contributed by atoms with E-state index in [2.05, 4.69) is 41.7 Å². The molecule has 0 fully saturated rings. The molecule has 0 aliphatic heterocycles. The summed E-state index contributed by atoms with van der Waals surface area (Å²) in [6.07, 6.45) is 3.26. The number of carbonyl (C=O) groups excluding carboxylic acids is 1. The molecule has 0 saturated carbocycles. The van der Waals surface area contributed by atoms with Crippen LogP contribution in [0.5, 0.6) is 0 Å². The number of rotatable bonds is 9. The van der Waals surface area contributed by atoms with Gasteiger partial charge in [0.2, 0.25) is 5.91 Å². The standard InChI is InChI=1S/C20H26N2O2/c1-24-19(15-21)14-20(23)22-18-12-10-17(11-13-18)9-5-8-16-6-3-2-4-7-16/h2-4,6-7,10-13,19H,5,8-9,14-15,21H2,1H3,(H,22,23). The predicted molar refractivity (Wildman–Crippen MR) is 98.0 cm³/mol. The first kappa shape index (κ1) is 18.2. The van der Waals surface area contributed by atoms with Crippen LogP contribution in [0.25, 0.3) is 0 Å². The fourth-order valence-corrected chi connectivity index (χ4v) is 2.58. The zero-order valence-corrected chi connectivity index (χ0v) is 14.2. The summed E-state index contributed by atoms with van der Waals surface area (Å²) in [6, 6.07) is 18.5. The molecule has 1 amide bonds. The van der Waals surface area contributed by atoms with Crippen molar-refractivity contribution >= 4 is 11.6 Å². The lowest BCUT2D eigenvalue weighted by molar-refractivity contribution is -0.118. The molecule has 0 saturated heterocycles. The first-order chi connectivity index (χ1) is 11.7. The molecular formula is C20H26N2O2. The Morgan fingerprint density at radius 3 is 2.25 bits per heavy atom. The molecule has 2 aromatic carbocycles. The third-order valence-corrected chi connectivity index (χ3v) is 4.02. The van der Waals surface area contributed by atoms with Crippen LogP contribution < -0.4 is 11.1 Å². The van der Waals surface area contributed by atoms with Crippen LogP contribution in [0.4, 0.5) is 5.69 Å².